The number of rotatable bonds is 8. The molecule has 0 bridgehead atoms. The topological polar surface area (TPSA) is 101 Å². The third-order valence-corrected chi connectivity index (χ3v) is 7.80. The summed E-state index contributed by atoms with van der Waals surface area (Å²) in [6.45, 7) is 10.2. The first-order chi connectivity index (χ1) is 17.7. The van der Waals surface area contributed by atoms with Crippen molar-refractivity contribution in [3.05, 3.63) is 90.3 Å². The molecule has 2 aliphatic rings. The van der Waals surface area contributed by atoms with E-state index in [1.165, 1.54) is 0 Å². The van der Waals surface area contributed by atoms with Crippen LogP contribution in [0.1, 0.15) is 50.1 Å². The lowest BCUT2D eigenvalue weighted by Gasteiger charge is -2.34. The van der Waals surface area contributed by atoms with Crippen molar-refractivity contribution in [1.29, 1.82) is 0 Å². The first kappa shape index (κ1) is 25.3. The highest BCUT2D eigenvalue weighted by molar-refractivity contribution is 6.07. The summed E-state index contributed by atoms with van der Waals surface area (Å²) in [5.74, 6) is -0.690. The Balaban J connectivity index is 1.41. The summed E-state index contributed by atoms with van der Waals surface area (Å²) in [6.07, 6.45) is 2.69. The maximum Gasteiger partial charge on any atom is 0.264 e. The van der Waals surface area contributed by atoms with E-state index < -0.39 is 23.4 Å². The Labute approximate surface area is 217 Å². The quantitative estimate of drug-likeness (QED) is 0.457. The van der Waals surface area contributed by atoms with Crippen LogP contribution in [-0.2, 0) is 21.7 Å². The molecule has 37 heavy (non-hydrogen) atoms. The van der Waals surface area contributed by atoms with Crippen LogP contribution >= 0.6 is 0 Å². The number of anilines is 1. The maximum absolute atomic E-state index is 13.9. The number of hydrogen-bond donors (Lipinski definition) is 2. The normalized spacial score (nSPS) is 26.0. The standard InChI is InChI=1S/C29H34N4O4/c1-5-16-33-23-14-10-9-13-21(23)29(27(33)35)19(2)25(28(3,4)36)24(37-29)15-17-32-18-22(30-31-32)26(34)20-11-7-6-8-12-20/h5-14,18-19,24-26,34,36H,1,15-17H2,2-4H3/t19-,24+,25-,26-,29+/m1/s1. The number of aromatic nitrogens is 3. The molecule has 1 aromatic heterocycles. The molecule has 194 valence electrons. The Morgan fingerprint density at radius 2 is 1.89 bits per heavy atom. The monoisotopic (exact) mass is 502 g/mol. The van der Waals surface area contributed by atoms with E-state index in [9.17, 15) is 15.0 Å². The van der Waals surface area contributed by atoms with Gasteiger partial charge in [-0.3, -0.25) is 9.48 Å². The Morgan fingerprint density at radius 3 is 2.59 bits per heavy atom. The third-order valence-electron chi connectivity index (χ3n) is 7.80. The molecule has 1 spiro atoms. The van der Waals surface area contributed by atoms with Crippen molar-refractivity contribution in [3.8, 4) is 0 Å². The second-order valence-electron chi connectivity index (χ2n) is 10.6. The fourth-order valence-corrected chi connectivity index (χ4v) is 6.23. The zero-order valence-corrected chi connectivity index (χ0v) is 21.5. The molecule has 1 amide bonds. The lowest BCUT2D eigenvalue weighted by Crippen LogP contribution is -2.46. The third kappa shape index (κ3) is 4.19. The minimum absolute atomic E-state index is 0.119. The Bertz CT molecular complexity index is 1280. The maximum atomic E-state index is 13.9. The average molecular weight is 503 g/mol. The van der Waals surface area contributed by atoms with Gasteiger partial charge in [0, 0.05) is 30.5 Å². The molecule has 0 saturated carbocycles. The summed E-state index contributed by atoms with van der Waals surface area (Å²) >= 11 is 0. The van der Waals surface area contributed by atoms with Gasteiger partial charge in [-0.25, -0.2) is 0 Å². The summed E-state index contributed by atoms with van der Waals surface area (Å²) in [5, 5.41) is 30.3. The van der Waals surface area contributed by atoms with Crippen molar-refractivity contribution < 1.29 is 19.7 Å². The summed E-state index contributed by atoms with van der Waals surface area (Å²) in [6, 6.07) is 17.0. The number of aryl methyl sites for hydroxylation is 1. The number of amides is 1. The molecule has 0 radical (unpaired) electrons. The molecule has 0 unspecified atom stereocenters. The first-order valence-corrected chi connectivity index (χ1v) is 12.7. The zero-order valence-electron chi connectivity index (χ0n) is 21.5. The van der Waals surface area contributed by atoms with E-state index in [0.29, 0.717) is 25.2 Å². The zero-order chi connectivity index (χ0) is 26.4. The molecule has 2 aromatic carbocycles. The molecular weight excluding hydrogens is 468 g/mol. The number of carbonyl (C=O) groups is 1. The lowest BCUT2D eigenvalue weighted by molar-refractivity contribution is -0.146. The first-order valence-electron chi connectivity index (χ1n) is 12.7. The van der Waals surface area contributed by atoms with Crippen LogP contribution in [0, 0.1) is 11.8 Å². The predicted molar refractivity (Wildman–Crippen MR) is 140 cm³/mol. The summed E-state index contributed by atoms with van der Waals surface area (Å²) in [5.41, 5.74) is 0.610. The molecule has 0 aliphatic carbocycles. The highest BCUT2D eigenvalue weighted by atomic mass is 16.5. The van der Waals surface area contributed by atoms with Crippen molar-refractivity contribution in [2.45, 2.75) is 57.1 Å². The van der Waals surface area contributed by atoms with Crippen molar-refractivity contribution in [1.82, 2.24) is 15.0 Å². The van der Waals surface area contributed by atoms with E-state index in [-0.39, 0.29) is 17.7 Å². The van der Waals surface area contributed by atoms with Crippen molar-refractivity contribution in [3.63, 3.8) is 0 Å². The number of carbonyl (C=O) groups excluding carboxylic acids is 1. The molecular formula is C29H34N4O4. The molecule has 2 N–H and O–H groups in total. The van der Waals surface area contributed by atoms with E-state index in [1.54, 1.807) is 35.7 Å². The molecule has 3 heterocycles. The van der Waals surface area contributed by atoms with Crippen LogP contribution < -0.4 is 4.90 Å². The molecule has 5 rings (SSSR count). The van der Waals surface area contributed by atoms with Crippen LogP contribution in [-0.4, -0.2) is 49.4 Å². The summed E-state index contributed by atoms with van der Waals surface area (Å²) in [7, 11) is 0. The van der Waals surface area contributed by atoms with Gasteiger partial charge in [0.1, 0.15) is 11.8 Å². The number of fused-ring (bicyclic) bond motifs is 2. The fraction of sp³-hybridized carbons (Fsp3) is 0.414. The molecule has 5 atom stereocenters. The molecule has 8 nitrogen and oxygen atoms in total. The minimum atomic E-state index is -1.17. The van der Waals surface area contributed by atoms with E-state index in [0.717, 1.165) is 16.8 Å². The number of aliphatic hydroxyl groups excluding tert-OH is 1. The van der Waals surface area contributed by atoms with Gasteiger partial charge < -0.3 is 19.8 Å². The van der Waals surface area contributed by atoms with Crippen molar-refractivity contribution in [2.75, 3.05) is 11.4 Å². The van der Waals surface area contributed by atoms with Crippen LogP contribution in [0.15, 0.2) is 73.4 Å². The Hall–Kier alpha value is -3.33. The van der Waals surface area contributed by atoms with Gasteiger partial charge >= 0.3 is 0 Å². The number of hydrogen-bond acceptors (Lipinski definition) is 6. The molecule has 2 aliphatic heterocycles. The van der Waals surface area contributed by atoms with Crippen LogP contribution in [0.3, 0.4) is 0 Å². The summed E-state index contributed by atoms with van der Waals surface area (Å²) in [4.78, 5) is 15.6. The fourth-order valence-electron chi connectivity index (χ4n) is 6.23. The minimum Gasteiger partial charge on any atom is -0.390 e. The smallest absolute Gasteiger partial charge is 0.264 e. The highest BCUT2D eigenvalue weighted by Gasteiger charge is 2.65. The summed E-state index contributed by atoms with van der Waals surface area (Å²) < 4.78 is 8.40. The SMILES string of the molecule is C=CCN1C(=O)[C@@]2(O[C@@H](CCn3cc([C@H](O)c4ccccc4)nn3)[C@H](C(C)(C)O)[C@H]2C)c2ccccc21. The number of ether oxygens (including phenoxy) is 1. The van der Waals surface area contributed by atoms with Crippen LogP contribution in [0.25, 0.3) is 0 Å². The molecule has 1 saturated heterocycles. The molecule has 8 heteroatoms. The predicted octanol–water partition coefficient (Wildman–Crippen LogP) is 3.60. The average Bonchev–Trinajstić information content (AvgIpc) is 3.54. The number of benzene rings is 2. The van der Waals surface area contributed by atoms with Crippen LogP contribution in [0.5, 0.6) is 0 Å². The molecule has 3 aromatic rings. The van der Waals surface area contributed by atoms with E-state index in [1.807, 2.05) is 61.5 Å². The Morgan fingerprint density at radius 1 is 1.19 bits per heavy atom. The van der Waals surface area contributed by atoms with Gasteiger partial charge in [-0.05, 0) is 31.9 Å². The lowest BCUT2D eigenvalue weighted by atomic mass is 9.71. The second-order valence-corrected chi connectivity index (χ2v) is 10.6. The van der Waals surface area contributed by atoms with Gasteiger partial charge in [0.2, 0.25) is 0 Å². The second kappa shape index (κ2) is 9.52. The van der Waals surface area contributed by atoms with Gasteiger partial charge in [-0.2, -0.15) is 0 Å². The van der Waals surface area contributed by atoms with Crippen molar-refractivity contribution in [2.24, 2.45) is 11.8 Å². The number of para-hydroxylation sites is 1. The van der Waals surface area contributed by atoms with Crippen molar-refractivity contribution >= 4 is 11.6 Å². The number of aliphatic hydroxyl groups is 2. The molecule has 1 fully saturated rings. The van der Waals surface area contributed by atoms with Gasteiger partial charge in [-0.15, -0.1) is 11.7 Å². The van der Waals surface area contributed by atoms with E-state index in [2.05, 4.69) is 16.9 Å². The van der Waals surface area contributed by atoms with Gasteiger partial charge in [-0.1, -0.05) is 66.7 Å². The largest absolute Gasteiger partial charge is 0.390 e. The highest BCUT2D eigenvalue weighted by Crippen LogP contribution is 2.57. The van der Waals surface area contributed by atoms with Crippen LogP contribution in [0.4, 0.5) is 5.69 Å². The van der Waals surface area contributed by atoms with E-state index >= 15 is 0 Å². The van der Waals surface area contributed by atoms with Gasteiger partial charge in [0.25, 0.3) is 5.91 Å². The van der Waals surface area contributed by atoms with Crippen LogP contribution in [0.2, 0.25) is 0 Å². The Kier molecular flexibility index (Phi) is 6.52. The van der Waals surface area contributed by atoms with E-state index in [4.69, 9.17) is 4.74 Å². The number of nitrogens with zero attached hydrogens (tertiary/aromatic N) is 4. The van der Waals surface area contributed by atoms with Gasteiger partial charge in [0.15, 0.2) is 5.60 Å². The van der Waals surface area contributed by atoms with Gasteiger partial charge in [0.05, 0.1) is 23.6 Å².